The largest absolute Gasteiger partial charge is 0.493 e. The Morgan fingerprint density at radius 2 is 2.35 bits per heavy atom. The third kappa shape index (κ3) is 1.42. The number of carbonyl (C=O) groups is 1. The Morgan fingerprint density at radius 3 is 3.00 bits per heavy atom. The van der Waals surface area contributed by atoms with E-state index in [0.29, 0.717) is 6.61 Å². The number of benzene rings is 1. The molecule has 3 rings (SSSR count). The van der Waals surface area contributed by atoms with Crippen molar-refractivity contribution in [3.63, 3.8) is 0 Å². The van der Waals surface area contributed by atoms with Gasteiger partial charge in [0.2, 0.25) is 0 Å². The second-order valence-electron chi connectivity index (χ2n) is 4.88. The zero-order chi connectivity index (χ0) is 12.2. The van der Waals surface area contributed by atoms with Gasteiger partial charge >= 0.3 is 5.97 Å². The topological polar surface area (TPSA) is 46.5 Å². The SMILES string of the molecule is C[C@H]1C(C(=O)O)C12CCOc1ccc(I)cc12. The van der Waals surface area contributed by atoms with E-state index in [-0.39, 0.29) is 17.3 Å². The average molecular weight is 344 g/mol. The first-order valence-electron chi connectivity index (χ1n) is 5.73. The summed E-state index contributed by atoms with van der Waals surface area (Å²) < 4.78 is 6.77. The molecule has 0 saturated heterocycles. The van der Waals surface area contributed by atoms with Crippen molar-refractivity contribution >= 4 is 28.6 Å². The summed E-state index contributed by atoms with van der Waals surface area (Å²) in [5.41, 5.74) is 0.913. The van der Waals surface area contributed by atoms with Gasteiger partial charge < -0.3 is 9.84 Å². The van der Waals surface area contributed by atoms with E-state index in [1.165, 1.54) is 0 Å². The highest BCUT2D eigenvalue weighted by atomic mass is 127. The van der Waals surface area contributed by atoms with E-state index in [4.69, 9.17) is 4.74 Å². The lowest BCUT2D eigenvalue weighted by Gasteiger charge is -2.27. The molecule has 1 heterocycles. The van der Waals surface area contributed by atoms with Crippen LogP contribution in [0, 0.1) is 15.4 Å². The minimum Gasteiger partial charge on any atom is -0.493 e. The molecular formula is C13H13IO3. The summed E-state index contributed by atoms with van der Waals surface area (Å²) in [6, 6.07) is 6.04. The van der Waals surface area contributed by atoms with E-state index in [1.807, 2.05) is 19.1 Å². The van der Waals surface area contributed by atoms with Crippen molar-refractivity contribution in [3.05, 3.63) is 27.3 Å². The quantitative estimate of drug-likeness (QED) is 0.797. The minimum atomic E-state index is -0.677. The molecule has 17 heavy (non-hydrogen) atoms. The van der Waals surface area contributed by atoms with Crippen molar-refractivity contribution in [1.29, 1.82) is 0 Å². The molecule has 1 spiro atoms. The first-order valence-corrected chi connectivity index (χ1v) is 6.81. The highest BCUT2D eigenvalue weighted by Gasteiger charge is 2.68. The zero-order valence-electron chi connectivity index (χ0n) is 9.44. The summed E-state index contributed by atoms with van der Waals surface area (Å²) in [7, 11) is 0. The van der Waals surface area contributed by atoms with Crippen LogP contribution in [-0.4, -0.2) is 17.7 Å². The molecule has 1 aliphatic carbocycles. The predicted octanol–water partition coefficient (Wildman–Crippen LogP) is 2.66. The van der Waals surface area contributed by atoms with Crippen LogP contribution in [0.2, 0.25) is 0 Å². The molecule has 0 bridgehead atoms. The van der Waals surface area contributed by atoms with E-state index < -0.39 is 5.97 Å². The lowest BCUT2D eigenvalue weighted by atomic mass is 9.86. The number of hydrogen-bond acceptors (Lipinski definition) is 2. The Hall–Kier alpha value is -0.780. The predicted molar refractivity (Wildman–Crippen MR) is 71.2 cm³/mol. The fraction of sp³-hybridized carbons (Fsp3) is 0.462. The molecule has 1 aromatic carbocycles. The van der Waals surface area contributed by atoms with Crippen LogP contribution in [0.1, 0.15) is 18.9 Å². The van der Waals surface area contributed by atoms with Crippen LogP contribution in [-0.2, 0) is 10.2 Å². The molecule has 3 nitrogen and oxygen atoms in total. The summed E-state index contributed by atoms with van der Waals surface area (Å²) >= 11 is 2.26. The molecule has 1 fully saturated rings. The lowest BCUT2D eigenvalue weighted by molar-refractivity contribution is -0.139. The van der Waals surface area contributed by atoms with Gasteiger partial charge in [-0.3, -0.25) is 4.79 Å². The van der Waals surface area contributed by atoms with E-state index in [1.54, 1.807) is 0 Å². The second-order valence-corrected chi connectivity index (χ2v) is 6.13. The number of carboxylic acid groups (broad SMARTS) is 1. The third-order valence-electron chi connectivity index (χ3n) is 4.24. The van der Waals surface area contributed by atoms with Gasteiger partial charge in [-0.05, 0) is 53.1 Å². The maximum atomic E-state index is 11.3. The van der Waals surface area contributed by atoms with Crippen molar-refractivity contribution in [2.75, 3.05) is 6.61 Å². The molecule has 3 atom stereocenters. The van der Waals surface area contributed by atoms with E-state index in [9.17, 15) is 9.90 Å². The van der Waals surface area contributed by atoms with Crippen LogP contribution in [0.15, 0.2) is 18.2 Å². The molecule has 0 aromatic heterocycles. The van der Waals surface area contributed by atoms with Gasteiger partial charge in [-0.15, -0.1) is 0 Å². The number of fused-ring (bicyclic) bond motifs is 2. The number of ether oxygens (including phenoxy) is 1. The van der Waals surface area contributed by atoms with Crippen molar-refractivity contribution in [2.45, 2.75) is 18.8 Å². The Labute approximate surface area is 113 Å². The summed E-state index contributed by atoms with van der Waals surface area (Å²) in [6.45, 7) is 2.66. The molecule has 1 N–H and O–H groups in total. The smallest absolute Gasteiger partial charge is 0.307 e. The Balaban J connectivity index is 2.12. The molecule has 2 aliphatic rings. The molecule has 1 aliphatic heterocycles. The first-order chi connectivity index (χ1) is 8.07. The number of aliphatic carboxylic acids is 1. The van der Waals surface area contributed by atoms with Crippen LogP contribution in [0.3, 0.4) is 0 Å². The van der Waals surface area contributed by atoms with Gasteiger partial charge in [0.15, 0.2) is 0 Å². The van der Waals surface area contributed by atoms with E-state index >= 15 is 0 Å². The monoisotopic (exact) mass is 344 g/mol. The van der Waals surface area contributed by atoms with Gasteiger partial charge in [-0.2, -0.15) is 0 Å². The molecule has 0 radical (unpaired) electrons. The van der Waals surface area contributed by atoms with Crippen molar-refractivity contribution in [1.82, 2.24) is 0 Å². The van der Waals surface area contributed by atoms with Crippen LogP contribution < -0.4 is 4.74 Å². The second kappa shape index (κ2) is 3.60. The minimum absolute atomic E-state index is 0.180. The van der Waals surface area contributed by atoms with Crippen molar-refractivity contribution in [3.8, 4) is 5.75 Å². The van der Waals surface area contributed by atoms with E-state index in [0.717, 1.165) is 21.3 Å². The van der Waals surface area contributed by atoms with Crippen molar-refractivity contribution in [2.24, 2.45) is 11.8 Å². The van der Waals surface area contributed by atoms with Crippen LogP contribution in [0.4, 0.5) is 0 Å². The molecule has 1 aromatic rings. The number of halogens is 1. The highest BCUT2D eigenvalue weighted by molar-refractivity contribution is 14.1. The maximum Gasteiger partial charge on any atom is 0.307 e. The first kappa shape index (κ1) is 11.3. The molecule has 1 saturated carbocycles. The van der Waals surface area contributed by atoms with Gasteiger partial charge in [0, 0.05) is 14.5 Å². The van der Waals surface area contributed by atoms with Crippen LogP contribution in [0.25, 0.3) is 0 Å². The standard InChI is InChI=1S/C13H13IO3/c1-7-11(12(15)16)13(7)4-5-17-10-3-2-8(14)6-9(10)13/h2-3,6-7,11H,4-5H2,1H3,(H,15,16)/t7-,11?,13?/m0/s1. The summed E-state index contributed by atoms with van der Waals surface area (Å²) in [6.07, 6.45) is 0.818. The van der Waals surface area contributed by atoms with Gasteiger partial charge in [0.25, 0.3) is 0 Å². The fourth-order valence-corrected chi connectivity index (χ4v) is 3.81. The zero-order valence-corrected chi connectivity index (χ0v) is 11.6. The van der Waals surface area contributed by atoms with Gasteiger partial charge in [0.05, 0.1) is 12.5 Å². The maximum absolute atomic E-state index is 11.3. The summed E-state index contributed by atoms with van der Waals surface area (Å²) in [5.74, 6) is 0.153. The van der Waals surface area contributed by atoms with E-state index in [2.05, 4.69) is 28.7 Å². The number of carboxylic acids is 1. The Bertz CT molecular complexity index is 499. The van der Waals surface area contributed by atoms with Gasteiger partial charge in [-0.1, -0.05) is 6.92 Å². The Kier molecular flexibility index (Phi) is 2.40. The summed E-state index contributed by atoms with van der Waals surface area (Å²) in [4.78, 5) is 11.3. The fourth-order valence-electron chi connectivity index (χ4n) is 3.32. The van der Waals surface area contributed by atoms with Gasteiger partial charge in [-0.25, -0.2) is 0 Å². The molecule has 90 valence electrons. The third-order valence-corrected chi connectivity index (χ3v) is 4.91. The Morgan fingerprint density at radius 1 is 1.59 bits per heavy atom. The normalized spacial score (nSPS) is 34.0. The molecular weight excluding hydrogens is 331 g/mol. The van der Waals surface area contributed by atoms with Gasteiger partial charge in [0.1, 0.15) is 5.75 Å². The van der Waals surface area contributed by atoms with Crippen LogP contribution in [0.5, 0.6) is 5.75 Å². The molecule has 0 amide bonds. The number of hydrogen-bond donors (Lipinski definition) is 1. The lowest BCUT2D eigenvalue weighted by Crippen LogP contribution is -2.24. The van der Waals surface area contributed by atoms with Crippen LogP contribution >= 0.6 is 22.6 Å². The highest BCUT2D eigenvalue weighted by Crippen LogP contribution is 2.65. The number of rotatable bonds is 1. The van der Waals surface area contributed by atoms with Crippen molar-refractivity contribution < 1.29 is 14.6 Å². The summed E-state index contributed by atoms with van der Waals surface area (Å²) in [5, 5.41) is 9.29. The molecule has 4 heteroatoms. The average Bonchev–Trinajstić information content (AvgIpc) is 2.86. The molecule has 2 unspecified atom stereocenters.